The van der Waals surface area contributed by atoms with Crippen LogP contribution in [0, 0.1) is 13.8 Å². The largest absolute Gasteiger partial charge is 0.457 e. The molecule has 0 unspecified atom stereocenters. The maximum atomic E-state index is 10.9. The lowest BCUT2D eigenvalue weighted by Gasteiger charge is -1.88. The average Bonchev–Trinajstić information content (AvgIpc) is 2.29. The monoisotopic (exact) mass is 166 g/mol. The van der Waals surface area contributed by atoms with Gasteiger partial charge in [0.25, 0.3) is 0 Å². The third kappa shape index (κ3) is 1.18. The minimum Gasteiger partial charge on any atom is -0.457 e. The number of ketones is 1. The molecule has 0 aliphatic rings. The van der Waals surface area contributed by atoms with E-state index in [4.69, 9.17) is 4.42 Å². The Labute approximate surface area is 70.4 Å². The van der Waals surface area contributed by atoms with Crippen molar-refractivity contribution in [3.8, 4) is 0 Å². The molecule has 0 N–H and O–H groups in total. The number of hydrogen-bond acceptors (Lipinski definition) is 3. The Hall–Kier alpha value is -1.38. The summed E-state index contributed by atoms with van der Waals surface area (Å²) in [7, 11) is 0. The summed E-state index contributed by atoms with van der Waals surface area (Å²) >= 11 is 0. The lowest BCUT2D eigenvalue weighted by molar-refractivity contribution is 0.0978. The fourth-order valence-corrected chi connectivity index (χ4v) is 1.05. The number of furan rings is 1. The van der Waals surface area contributed by atoms with Crippen molar-refractivity contribution in [3.05, 3.63) is 22.6 Å². The van der Waals surface area contributed by atoms with Gasteiger partial charge in [0.1, 0.15) is 5.76 Å². The summed E-state index contributed by atoms with van der Waals surface area (Å²) in [5.41, 5.74) is 1.12. The quantitative estimate of drug-likeness (QED) is 0.498. The number of carbonyl (C=O) groups is 2. The summed E-state index contributed by atoms with van der Waals surface area (Å²) in [6, 6.07) is 0. The molecule has 3 heteroatoms. The third-order valence-corrected chi connectivity index (χ3v) is 1.87. The minimum atomic E-state index is -0.215. The van der Waals surface area contributed by atoms with Crippen molar-refractivity contribution in [1.29, 1.82) is 0 Å². The second-order valence-corrected chi connectivity index (χ2v) is 2.70. The summed E-state index contributed by atoms with van der Waals surface area (Å²) in [5.74, 6) is 0.579. The zero-order chi connectivity index (χ0) is 9.30. The van der Waals surface area contributed by atoms with Crippen molar-refractivity contribution in [3.63, 3.8) is 0 Å². The molecule has 1 rings (SSSR count). The van der Waals surface area contributed by atoms with E-state index in [9.17, 15) is 9.59 Å². The van der Waals surface area contributed by atoms with Crippen molar-refractivity contribution in [2.24, 2.45) is 0 Å². The number of aryl methyl sites for hydroxylation is 1. The third-order valence-electron chi connectivity index (χ3n) is 1.87. The SMILES string of the molecule is CC(=O)c1oc(C)c(C)c1C=O. The molecule has 3 nitrogen and oxygen atoms in total. The Kier molecular flexibility index (Phi) is 2.13. The first-order valence-corrected chi connectivity index (χ1v) is 3.64. The molecule has 0 aromatic carbocycles. The van der Waals surface area contributed by atoms with Gasteiger partial charge in [-0.25, -0.2) is 0 Å². The van der Waals surface area contributed by atoms with E-state index in [0.717, 1.165) is 5.56 Å². The fourth-order valence-electron chi connectivity index (χ4n) is 1.05. The molecule has 0 aliphatic carbocycles. The lowest BCUT2D eigenvalue weighted by Crippen LogP contribution is -1.94. The normalized spacial score (nSPS) is 9.92. The standard InChI is InChI=1S/C9H10O3/c1-5-7(3)12-9(6(2)11)8(5)4-10/h4H,1-3H3. The number of rotatable bonds is 2. The molecule has 1 aromatic rings. The number of Topliss-reactive ketones (excluding diaryl/α,β-unsaturated/α-hetero) is 1. The Morgan fingerprint density at radius 2 is 2.00 bits per heavy atom. The molecule has 0 saturated carbocycles. The summed E-state index contributed by atoms with van der Waals surface area (Å²) in [6.07, 6.45) is 0.655. The second-order valence-electron chi connectivity index (χ2n) is 2.70. The van der Waals surface area contributed by atoms with E-state index in [0.29, 0.717) is 17.6 Å². The molecule has 0 aliphatic heterocycles. The van der Waals surface area contributed by atoms with Crippen LogP contribution in [0.2, 0.25) is 0 Å². The maximum absolute atomic E-state index is 10.9. The van der Waals surface area contributed by atoms with Crippen LogP contribution in [0.1, 0.15) is 39.2 Å². The molecule has 0 radical (unpaired) electrons. The molecule has 0 spiro atoms. The van der Waals surface area contributed by atoms with Crippen molar-refractivity contribution in [2.45, 2.75) is 20.8 Å². The van der Waals surface area contributed by atoms with Crippen LogP contribution in [-0.2, 0) is 0 Å². The molecule has 1 aromatic heterocycles. The van der Waals surface area contributed by atoms with Gasteiger partial charge in [0.15, 0.2) is 17.8 Å². The molecule has 0 atom stereocenters. The highest BCUT2D eigenvalue weighted by molar-refractivity contribution is 5.99. The van der Waals surface area contributed by atoms with E-state index in [2.05, 4.69) is 0 Å². The molecular weight excluding hydrogens is 156 g/mol. The molecule has 0 saturated heterocycles. The van der Waals surface area contributed by atoms with Gasteiger partial charge in [0.05, 0.1) is 5.56 Å². The van der Waals surface area contributed by atoms with E-state index in [-0.39, 0.29) is 11.5 Å². The fraction of sp³-hybridized carbons (Fsp3) is 0.333. The van der Waals surface area contributed by atoms with Gasteiger partial charge in [0.2, 0.25) is 0 Å². The van der Waals surface area contributed by atoms with E-state index >= 15 is 0 Å². The van der Waals surface area contributed by atoms with Crippen LogP contribution in [0.15, 0.2) is 4.42 Å². The van der Waals surface area contributed by atoms with E-state index in [1.54, 1.807) is 13.8 Å². The highest BCUT2D eigenvalue weighted by Gasteiger charge is 2.16. The van der Waals surface area contributed by atoms with Crippen LogP contribution in [0.3, 0.4) is 0 Å². The number of aldehydes is 1. The smallest absolute Gasteiger partial charge is 0.195 e. The number of hydrogen-bond donors (Lipinski definition) is 0. The van der Waals surface area contributed by atoms with E-state index in [1.807, 2.05) is 0 Å². The highest BCUT2D eigenvalue weighted by Crippen LogP contribution is 2.19. The molecule has 64 valence electrons. The Morgan fingerprint density at radius 1 is 1.42 bits per heavy atom. The second kappa shape index (κ2) is 2.93. The Morgan fingerprint density at radius 3 is 2.33 bits per heavy atom. The van der Waals surface area contributed by atoms with Gasteiger partial charge >= 0.3 is 0 Å². The van der Waals surface area contributed by atoms with E-state index < -0.39 is 0 Å². The highest BCUT2D eigenvalue weighted by atomic mass is 16.3. The van der Waals surface area contributed by atoms with Gasteiger partial charge in [-0.2, -0.15) is 0 Å². The van der Waals surface area contributed by atoms with Gasteiger partial charge in [-0.05, 0) is 13.8 Å². The van der Waals surface area contributed by atoms with Gasteiger partial charge in [-0.1, -0.05) is 0 Å². The molecular formula is C9H10O3. The molecule has 12 heavy (non-hydrogen) atoms. The van der Waals surface area contributed by atoms with E-state index in [1.165, 1.54) is 6.92 Å². The van der Waals surface area contributed by atoms with Crippen LogP contribution in [0.25, 0.3) is 0 Å². The van der Waals surface area contributed by atoms with Crippen molar-refractivity contribution < 1.29 is 14.0 Å². The van der Waals surface area contributed by atoms with Crippen molar-refractivity contribution >= 4 is 12.1 Å². The lowest BCUT2D eigenvalue weighted by atomic mass is 10.1. The molecule has 0 fully saturated rings. The molecule has 0 bridgehead atoms. The van der Waals surface area contributed by atoms with Gasteiger partial charge in [-0.3, -0.25) is 9.59 Å². The summed E-state index contributed by atoms with van der Waals surface area (Å²) in [4.78, 5) is 21.5. The van der Waals surface area contributed by atoms with Gasteiger partial charge in [-0.15, -0.1) is 0 Å². The van der Waals surface area contributed by atoms with Crippen LogP contribution in [0.4, 0.5) is 0 Å². The zero-order valence-electron chi connectivity index (χ0n) is 7.30. The minimum absolute atomic E-state index is 0.167. The topological polar surface area (TPSA) is 47.3 Å². The van der Waals surface area contributed by atoms with Gasteiger partial charge < -0.3 is 4.42 Å². The first-order chi connectivity index (χ1) is 5.57. The summed E-state index contributed by atoms with van der Waals surface area (Å²) in [6.45, 7) is 4.87. The van der Waals surface area contributed by atoms with Crippen molar-refractivity contribution in [2.75, 3.05) is 0 Å². The summed E-state index contributed by atoms with van der Waals surface area (Å²) < 4.78 is 5.12. The zero-order valence-corrected chi connectivity index (χ0v) is 7.30. The first kappa shape index (κ1) is 8.71. The summed E-state index contributed by atoms with van der Waals surface area (Å²) in [5, 5.41) is 0. The average molecular weight is 166 g/mol. The molecule has 0 amide bonds. The predicted molar refractivity (Wildman–Crippen MR) is 43.6 cm³/mol. The van der Waals surface area contributed by atoms with Crippen LogP contribution >= 0.6 is 0 Å². The Bertz CT molecular complexity index is 334. The predicted octanol–water partition coefficient (Wildman–Crippen LogP) is 1.91. The Balaban J connectivity index is 3.39. The first-order valence-electron chi connectivity index (χ1n) is 3.64. The van der Waals surface area contributed by atoms with Gasteiger partial charge in [0, 0.05) is 12.5 Å². The van der Waals surface area contributed by atoms with Crippen LogP contribution in [0.5, 0.6) is 0 Å². The molecule has 1 heterocycles. The van der Waals surface area contributed by atoms with Crippen molar-refractivity contribution in [1.82, 2.24) is 0 Å². The number of carbonyl (C=O) groups excluding carboxylic acids is 2. The van der Waals surface area contributed by atoms with Crippen LogP contribution < -0.4 is 0 Å². The maximum Gasteiger partial charge on any atom is 0.195 e. The van der Waals surface area contributed by atoms with Crippen LogP contribution in [-0.4, -0.2) is 12.1 Å².